The van der Waals surface area contributed by atoms with E-state index in [0.717, 1.165) is 4.90 Å². The molecule has 0 atom stereocenters. The highest BCUT2D eigenvalue weighted by Crippen LogP contribution is 2.29. The van der Waals surface area contributed by atoms with Crippen LogP contribution < -0.4 is 10.5 Å². The molecule has 0 aliphatic carbocycles. The number of benzene rings is 2. The van der Waals surface area contributed by atoms with Gasteiger partial charge < -0.3 is 4.42 Å². The fraction of sp³-hybridized carbons (Fsp3) is 0. The molecule has 1 heterocycles. The highest BCUT2D eigenvalue weighted by molar-refractivity contribution is 6.42. The van der Waals surface area contributed by atoms with Gasteiger partial charge in [0.1, 0.15) is 0 Å². The number of aromatic nitrogens is 1. The lowest BCUT2D eigenvalue weighted by Gasteiger charge is -2.15. The maximum atomic E-state index is 12.0. The Kier molecular flexibility index (Phi) is 3.83. The predicted molar refractivity (Wildman–Crippen MR) is 84.9 cm³/mol. The average molecular weight is 335 g/mol. The van der Waals surface area contributed by atoms with Crippen LogP contribution in [0.2, 0.25) is 10.0 Å². The maximum absolute atomic E-state index is 12.0. The summed E-state index contributed by atoms with van der Waals surface area (Å²) in [7, 11) is 0. The van der Waals surface area contributed by atoms with Crippen LogP contribution in [0.4, 0.5) is 11.7 Å². The van der Waals surface area contributed by atoms with Crippen LogP contribution in [-0.4, -0.2) is 11.4 Å². The van der Waals surface area contributed by atoms with Crippen LogP contribution in [0.3, 0.4) is 0 Å². The molecule has 110 valence electrons. The Bertz CT molecular complexity index is 924. The smallest absolute Gasteiger partial charge is 0.348 e. The van der Waals surface area contributed by atoms with E-state index in [4.69, 9.17) is 27.6 Å². The summed E-state index contributed by atoms with van der Waals surface area (Å²) in [5.74, 6) is 0. The lowest BCUT2D eigenvalue weighted by Crippen LogP contribution is -2.18. The molecular weight excluding hydrogens is 327 g/mol. The summed E-state index contributed by atoms with van der Waals surface area (Å²) in [5, 5.41) is 0.963. The third-order valence-corrected chi connectivity index (χ3v) is 3.76. The van der Waals surface area contributed by atoms with Crippen molar-refractivity contribution in [2.75, 3.05) is 4.90 Å². The molecule has 0 N–H and O–H groups in total. The molecule has 5 nitrogen and oxygen atoms in total. The molecule has 3 rings (SSSR count). The molecule has 0 saturated heterocycles. The van der Waals surface area contributed by atoms with Gasteiger partial charge in [0.05, 0.1) is 26.6 Å². The number of fused-ring (bicyclic) bond motifs is 1. The summed E-state index contributed by atoms with van der Waals surface area (Å²) in [4.78, 5) is 28.6. The van der Waals surface area contributed by atoms with Gasteiger partial charge in [0.25, 0.3) is 0 Å². The summed E-state index contributed by atoms with van der Waals surface area (Å²) < 4.78 is 5.12. The van der Waals surface area contributed by atoms with Gasteiger partial charge in [0, 0.05) is 0 Å². The van der Waals surface area contributed by atoms with Crippen LogP contribution in [0, 0.1) is 0 Å². The van der Waals surface area contributed by atoms with Crippen molar-refractivity contribution < 1.29 is 9.21 Å². The standard InChI is InChI=1S/C15H8Cl2N2O3/c16-11-6-5-9(7-12(11)17)19(8-20)15-18-13-4-2-1-3-10(13)14(21)22-15/h1-8H. The number of nitrogens with zero attached hydrogens (tertiary/aromatic N) is 2. The number of hydrogen-bond acceptors (Lipinski definition) is 4. The summed E-state index contributed by atoms with van der Waals surface area (Å²) in [6.45, 7) is 0. The van der Waals surface area contributed by atoms with Gasteiger partial charge >= 0.3 is 11.6 Å². The summed E-state index contributed by atoms with van der Waals surface area (Å²) >= 11 is 11.8. The van der Waals surface area contributed by atoms with Crippen molar-refractivity contribution in [1.82, 2.24) is 4.98 Å². The van der Waals surface area contributed by atoms with Gasteiger partial charge in [0.2, 0.25) is 6.41 Å². The van der Waals surface area contributed by atoms with Crippen molar-refractivity contribution >= 4 is 52.2 Å². The van der Waals surface area contributed by atoms with Gasteiger partial charge in [-0.2, -0.15) is 4.98 Å². The fourth-order valence-corrected chi connectivity index (χ4v) is 2.25. The van der Waals surface area contributed by atoms with E-state index in [-0.39, 0.29) is 11.0 Å². The van der Waals surface area contributed by atoms with Crippen LogP contribution in [0.1, 0.15) is 0 Å². The third kappa shape index (κ3) is 2.56. The molecule has 0 aliphatic rings. The number of carbonyl (C=O) groups excluding carboxylic acids is 1. The first kappa shape index (κ1) is 14.6. The van der Waals surface area contributed by atoms with Gasteiger partial charge in [-0.3, -0.25) is 4.79 Å². The molecule has 7 heteroatoms. The summed E-state index contributed by atoms with van der Waals surface area (Å²) in [6.07, 6.45) is 0.486. The maximum Gasteiger partial charge on any atom is 0.348 e. The molecule has 0 aliphatic heterocycles. The van der Waals surface area contributed by atoms with Gasteiger partial charge in [-0.25, -0.2) is 9.69 Å². The minimum absolute atomic E-state index is 0.142. The first-order chi connectivity index (χ1) is 10.6. The second-order valence-electron chi connectivity index (χ2n) is 4.37. The van der Waals surface area contributed by atoms with E-state index in [0.29, 0.717) is 28.0 Å². The Labute approximate surface area is 134 Å². The van der Waals surface area contributed by atoms with E-state index in [1.807, 2.05) is 0 Å². The summed E-state index contributed by atoms with van der Waals surface area (Å²) in [6, 6.07) is 11.1. The van der Waals surface area contributed by atoms with Crippen LogP contribution in [0.5, 0.6) is 0 Å². The number of hydrogen-bond donors (Lipinski definition) is 0. The van der Waals surface area contributed by atoms with Gasteiger partial charge in [0.15, 0.2) is 0 Å². The van der Waals surface area contributed by atoms with Gasteiger partial charge in [-0.15, -0.1) is 0 Å². The number of halogens is 2. The van der Waals surface area contributed by atoms with Crippen molar-refractivity contribution in [3.05, 3.63) is 62.9 Å². The number of carbonyl (C=O) groups is 1. The third-order valence-electron chi connectivity index (χ3n) is 3.02. The second kappa shape index (κ2) is 5.79. The largest absolute Gasteiger partial charge is 0.388 e. The molecule has 0 bridgehead atoms. The predicted octanol–water partition coefficient (Wildman–Crippen LogP) is 3.79. The first-order valence-electron chi connectivity index (χ1n) is 6.19. The molecule has 0 saturated carbocycles. The molecular formula is C15H8Cl2N2O3. The summed E-state index contributed by atoms with van der Waals surface area (Å²) in [5.41, 5.74) is 0.239. The molecule has 0 spiro atoms. The monoisotopic (exact) mass is 334 g/mol. The minimum atomic E-state index is -0.576. The van der Waals surface area contributed by atoms with Crippen LogP contribution in [0.15, 0.2) is 51.7 Å². The van der Waals surface area contributed by atoms with E-state index in [9.17, 15) is 9.59 Å². The second-order valence-corrected chi connectivity index (χ2v) is 5.19. The number of para-hydroxylation sites is 1. The average Bonchev–Trinajstić information content (AvgIpc) is 2.52. The van der Waals surface area contributed by atoms with Crippen molar-refractivity contribution in [3.63, 3.8) is 0 Å². The molecule has 3 aromatic rings. The van der Waals surface area contributed by atoms with Gasteiger partial charge in [-0.1, -0.05) is 35.3 Å². The van der Waals surface area contributed by atoms with Gasteiger partial charge in [-0.05, 0) is 30.3 Å². The van der Waals surface area contributed by atoms with E-state index < -0.39 is 5.63 Å². The zero-order valence-corrected chi connectivity index (χ0v) is 12.5. The molecule has 1 amide bonds. The molecule has 0 unspecified atom stereocenters. The highest BCUT2D eigenvalue weighted by atomic mass is 35.5. The molecule has 0 radical (unpaired) electrons. The van der Waals surface area contributed by atoms with Crippen molar-refractivity contribution in [3.8, 4) is 0 Å². The fourth-order valence-electron chi connectivity index (χ4n) is 1.96. The Morgan fingerprint density at radius 2 is 1.86 bits per heavy atom. The quantitative estimate of drug-likeness (QED) is 0.683. The first-order valence-corrected chi connectivity index (χ1v) is 6.95. The Morgan fingerprint density at radius 3 is 2.59 bits per heavy atom. The number of amides is 1. The topological polar surface area (TPSA) is 63.4 Å². The Balaban J connectivity index is 2.16. The number of rotatable bonds is 3. The SMILES string of the molecule is O=CN(c1ccc(Cl)c(Cl)c1)c1nc2ccccc2c(=O)o1. The van der Waals surface area contributed by atoms with Crippen molar-refractivity contribution in [2.45, 2.75) is 0 Å². The van der Waals surface area contributed by atoms with Crippen LogP contribution in [0.25, 0.3) is 10.9 Å². The van der Waals surface area contributed by atoms with E-state index in [1.54, 1.807) is 30.3 Å². The molecule has 1 aromatic heterocycles. The van der Waals surface area contributed by atoms with Crippen LogP contribution >= 0.6 is 23.2 Å². The minimum Gasteiger partial charge on any atom is -0.388 e. The number of anilines is 2. The van der Waals surface area contributed by atoms with E-state index in [1.165, 1.54) is 12.1 Å². The normalized spacial score (nSPS) is 10.6. The Morgan fingerprint density at radius 1 is 1.09 bits per heavy atom. The van der Waals surface area contributed by atoms with E-state index in [2.05, 4.69) is 4.98 Å². The van der Waals surface area contributed by atoms with Crippen molar-refractivity contribution in [1.29, 1.82) is 0 Å². The zero-order valence-electron chi connectivity index (χ0n) is 11.0. The van der Waals surface area contributed by atoms with E-state index >= 15 is 0 Å². The molecule has 2 aromatic carbocycles. The highest BCUT2D eigenvalue weighted by Gasteiger charge is 2.16. The van der Waals surface area contributed by atoms with Crippen molar-refractivity contribution in [2.24, 2.45) is 0 Å². The lowest BCUT2D eigenvalue weighted by molar-refractivity contribution is -0.107. The Hall–Kier alpha value is -2.37. The lowest BCUT2D eigenvalue weighted by atomic mass is 10.2. The molecule has 22 heavy (non-hydrogen) atoms. The molecule has 0 fully saturated rings. The van der Waals surface area contributed by atoms with Crippen LogP contribution in [-0.2, 0) is 4.79 Å². The zero-order chi connectivity index (χ0) is 15.7.